The van der Waals surface area contributed by atoms with E-state index in [0.717, 1.165) is 5.56 Å². The van der Waals surface area contributed by atoms with E-state index in [0.29, 0.717) is 5.56 Å². The van der Waals surface area contributed by atoms with E-state index in [1.807, 2.05) is 30.3 Å². The average molecular weight is 287 g/mol. The van der Waals surface area contributed by atoms with Gasteiger partial charge in [0, 0.05) is 6.54 Å². The van der Waals surface area contributed by atoms with Crippen molar-refractivity contribution < 1.29 is 19.7 Å². The number of hydrogen-bond acceptors (Lipinski definition) is 4. The number of aromatic hydroxyl groups is 1. The lowest BCUT2D eigenvalue weighted by Crippen LogP contribution is -2.21. The maximum Gasteiger partial charge on any atom is 0.312 e. The van der Waals surface area contributed by atoms with Crippen LogP contribution in [0.5, 0.6) is 11.5 Å². The van der Waals surface area contributed by atoms with Crippen LogP contribution in [0.15, 0.2) is 48.5 Å². The Hall–Kier alpha value is -2.53. The normalized spacial score (nSPS) is 11.9. The van der Waals surface area contributed by atoms with Crippen molar-refractivity contribution in [2.45, 2.75) is 12.5 Å². The molecular formula is C16H17NO4. The van der Waals surface area contributed by atoms with Crippen LogP contribution < -0.4 is 10.5 Å². The molecule has 0 aliphatic rings. The first-order valence-electron chi connectivity index (χ1n) is 6.54. The lowest BCUT2D eigenvalue weighted by atomic mass is 9.99. The first-order chi connectivity index (χ1) is 10.1. The lowest BCUT2D eigenvalue weighted by Gasteiger charge is -2.13. The summed E-state index contributed by atoms with van der Waals surface area (Å²) in [6.45, 7) is 0.274. The minimum Gasteiger partial charge on any atom is -0.504 e. The summed E-state index contributed by atoms with van der Waals surface area (Å²) in [5.74, 6) is -1.60. The molecule has 0 aliphatic heterocycles. The van der Waals surface area contributed by atoms with E-state index in [2.05, 4.69) is 0 Å². The Morgan fingerprint density at radius 2 is 1.90 bits per heavy atom. The molecule has 5 nitrogen and oxygen atoms in total. The standard InChI is InChI=1S/C16H17NO4/c17-9-13(16(19)20)12-6-7-14(18)15(8-12)21-10-11-4-2-1-3-5-11/h1-8,13,18H,9-10,17H2,(H,19,20). The van der Waals surface area contributed by atoms with Gasteiger partial charge in [0.1, 0.15) is 6.61 Å². The van der Waals surface area contributed by atoms with Crippen molar-refractivity contribution in [3.05, 3.63) is 59.7 Å². The number of aliphatic carboxylic acids is 1. The van der Waals surface area contributed by atoms with Crippen LogP contribution in [-0.2, 0) is 11.4 Å². The van der Waals surface area contributed by atoms with Gasteiger partial charge in [-0.2, -0.15) is 0 Å². The van der Waals surface area contributed by atoms with Crippen molar-refractivity contribution in [2.75, 3.05) is 6.54 Å². The fourth-order valence-corrected chi connectivity index (χ4v) is 1.98. The van der Waals surface area contributed by atoms with E-state index in [9.17, 15) is 9.90 Å². The molecule has 0 bridgehead atoms. The molecule has 4 N–H and O–H groups in total. The molecule has 0 amide bonds. The van der Waals surface area contributed by atoms with Crippen molar-refractivity contribution in [3.63, 3.8) is 0 Å². The van der Waals surface area contributed by atoms with Gasteiger partial charge in [0.05, 0.1) is 5.92 Å². The Morgan fingerprint density at radius 3 is 2.52 bits per heavy atom. The van der Waals surface area contributed by atoms with Crippen molar-refractivity contribution in [1.82, 2.24) is 0 Å². The Kier molecular flexibility index (Phi) is 4.79. The molecule has 110 valence electrons. The molecule has 0 radical (unpaired) electrons. The molecule has 0 saturated heterocycles. The molecule has 1 atom stereocenters. The first kappa shape index (κ1) is 14.9. The van der Waals surface area contributed by atoms with Crippen LogP contribution >= 0.6 is 0 Å². The first-order valence-corrected chi connectivity index (χ1v) is 6.54. The van der Waals surface area contributed by atoms with Crippen molar-refractivity contribution in [3.8, 4) is 11.5 Å². The molecule has 0 saturated carbocycles. The molecule has 0 spiro atoms. The van der Waals surface area contributed by atoms with Gasteiger partial charge in [0.25, 0.3) is 0 Å². The van der Waals surface area contributed by atoms with E-state index >= 15 is 0 Å². The van der Waals surface area contributed by atoms with Gasteiger partial charge >= 0.3 is 5.97 Å². The van der Waals surface area contributed by atoms with Gasteiger partial charge in [-0.3, -0.25) is 4.79 Å². The van der Waals surface area contributed by atoms with Crippen LogP contribution in [0.4, 0.5) is 0 Å². The number of carbonyl (C=O) groups is 1. The van der Waals surface area contributed by atoms with Gasteiger partial charge in [-0.15, -0.1) is 0 Å². The predicted octanol–water partition coefficient (Wildman–Crippen LogP) is 2.10. The van der Waals surface area contributed by atoms with Crippen LogP contribution in [0, 0.1) is 0 Å². The fourth-order valence-electron chi connectivity index (χ4n) is 1.98. The number of carboxylic acid groups (broad SMARTS) is 1. The summed E-state index contributed by atoms with van der Waals surface area (Å²) in [5, 5.41) is 18.9. The summed E-state index contributed by atoms with van der Waals surface area (Å²) in [5.41, 5.74) is 6.93. The molecule has 2 aromatic rings. The molecule has 0 aliphatic carbocycles. The van der Waals surface area contributed by atoms with Gasteiger partial charge in [0.15, 0.2) is 11.5 Å². The van der Waals surface area contributed by atoms with Crippen LogP contribution in [0.1, 0.15) is 17.0 Å². The number of nitrogens with two attached hydrogens (primary N) is 1. The topological polar surface area (TPSA) is 92.8 Å². The Morgan fingerprint density at radius 1 is 1.19 bits per heavy atom. The number of carboxylic acids is 1. The second-order valence-corrected chi connectivity index (χ2v) is 4.63. The molecule has 21 heavy (non-hydrogen) atoms. The molecule has 0 aromatic heterocycles. The minimum atomic E-state index is -1.00. The number of phenols is 1. The summed E-state index contributed by atoms with van der Waals surface area (Å²) in [6.07, 6.45) is 0. The number of phenolic OH excluding ortho intramolecular Hbond substituents is 1. The highest BCUT2D eigenvalue weighted by Gasteiger charge is 2.19. The van der Waals surface area contributed by atoms with E-state index < -0.39 is 11.9 Å². The van der Waals surface area contributed by atoms with Crippen LogP contribution in [0.25, 0.3) is 0 Å². The van der Waals surface area contributed by atoms with Crippen molar-refractivity contribution >= 4 is 5.97 Å². The zero-order valence-corrected chi connectivity index (χ0v) is 11.4. The molecule has 5 heteroatoms. The summed E-state index contributed by atoms with van der Waals surface area (Å²) < 4.78 is 5.55. The molecule has 2 aromatic carbocycles. The Labute approximate surface area is 122 Å². The number of benzene rings is 2. The smallest absolute Gasteiger partial charge is 0.312 e. The average Bonchev–Trinajstić information content (AvgIpc) is 2.49. The van der Waals surface area contributed by atoms with Gasteiger partial charge < -0.3 is 20.7 Å². The second-order valence-electron chi connectivity index (χ2n) is 4.63. The van der Waals surface area contributed by atoms with E-state index in [1.54, 1.807) is 0 Å². The summed E-state index contributed by atoms with van der Waals surface area (Å²) >= 11 is 0. The SMILES string of the molecule is NCC(C(=O)O)c1ccc(O)c(OCc2ccccc2)c1. The minimum absolute atomic E-state index is 0.0156. The third-order valence-electron chi connectivity index (χ3n) is 3.16. The predicted molar refractivity (Wildman–Crippen MR) is 78.3 cm³/mol. The highest BCUT2D eigenvalue weighted by Crippen LogP contribution is 2.30. The van der Waals surface area contributed by atoms with E-state index in [-0.39, 0.29) is 24.7 Å². The third-order valence-corrected chi connectivity index (χ3v) is 3.16. The third kappa shape index (κ3) is 3.73. The summed E-state index contributed by atoms with van der Waals surface area (Å²) in [6, 6.07) is 14.0. The van der Waals surface area contributed by atoms with Gasteiger partial charge in [-0.25, -0.2) is 0 Å². The van der Waals surface area contributed by atoms with Crippen LogP contribution in [0.3, 0.4) is 0 Å². The summed E-state index contributed by atoms with van der Waals surface area (Å²) in [7, 11) is 0. The van der Waals surface area contributed by atoms with Crippen LogP contribution in [-0.4, -0.2) is 22.7 Å². The van der Waals surface area contributed by atoms with Crippen molar-refractivity contribution in [2.24, 2.45) is 5.73 Å². The summed E-state index contributed by atoms with van der Waals surface area (Å²) in [4.78, 5) is 11.1. The Bertz CT molecular complexity index is 613. The molecule has 1 unspecified atom stereocenters. The van der Waals surface area contributed by atoms with Gasteiger partial charge in [0.2, 0.25) is 0 Å². The monoisotopic (exact) mass is 287 g/mol. The zero-order chi connectivity index (χ0) is 15.2. The Balaban J connectivity index is 2.17. The number of ether oxygens (including phenoxy) is 1. The molecule has 2 rings (SSSR count). The largest absolute Gasteiger partial charge is 0.504 e. The lowest BCUT2D eigenvalue weighted by molar-refractivity contribution is -0.138. The number of rotatable bonds is 6. The maximum atomic E-state index is 11.1. The van der Waals surface area contributed by atoms with Crippen molar-refractivity contribution in [1.29, 1.82) is 0 Å². The quantitative estimate of drug-likeness (QED) is 0.756. The van der Waals surface area contributed by atoms with Gasteiger partial charge in [-0.1, -0.05) is 36.4 Å². The van der Waals surface area contributed by atoms with E-state index in [1.165, 1.54) is 18.2 Å². The number of hydrogen-bond donors (Lipinski definition) is 3. The highest BCUT2D eigenvalue weighted by molar-refractivity contribution is 5.76. The molecule has 0 heterocycles. The van der Waals surface area contributed by atoms with Crippen LogP contribution in [0.2, 0.25) is 0 Å². The second kappa shape index (κ2) is 6.76. The zero-order valence-electron chi connectivity index (χ0n) is 11.4. The van der Waals surface area contributed by atoms with E-state index in [4.69, 9.17) is 15.6 Å². The molecular weight excluding hydrogens is 270 g/mol. The van der Waals surface area contributed by atoms with Gasteiger partial charge in [-0.05, 0) is 23.3 Å². The fraction of sp³-hybridized carbons (Fsp3) is 0.188. The highest BCUT2D eigenvalue weighted by atomic mass is 16.5. The maximum absolute atomic E-state index is 11.1. The molecule has 0 fully saturated rings.